The molecule has 24 heavy (non-hydrogen) atoms. The van der Waals surface area contributed by atoms with Crippen LogP contribution in [0, 0.1) is 17.2 Å². The fourth-order valence-electron chi connectivity index (χ4n) is 3.03. The number of ether oxygens (including phenoxy) is 1. The summed E-state index contributed by atoms with van der Waals surface area (Å²) < 4.78 is 5.44. The summed E-state index contributed by atoms with van der Waals surface area (Å²) in [6.45, 7) is 4.69. The average molecular weight is 340 g/mol. The van der Waals surface area contributed by atoms with Gasteiger partial charge in [-0.3, -0.25) is 4.79 Å². The maximum atomic E-state index is 12.5. The lowest BCUT2D eigenvalue weighted by Crippen LogP contribution is -2.12. The highest BCUT2D eigenvalue weighted by atomic mass is 32.1. The summed E-state index contributed by atoms with van der Waals surface area (Å²) in [5.41, 5.74) is 2.29. The number of nitrogens with zero attached hydrogens (tertiary/aromatic N) is 1. The Bertz CT molecular complexity index is 804. The van der Waals surface area contributed by atoms with E-state index in [1.54, 1.807) is 29.5 Å². The highest BCUT2D eigenvalue weighted by molar-refractivity contribution is 7.16. The summed E-state index contributed by atoms with van der Waals surface area (Å²) >= 11 is 1.54. The molecule has 1 amide bonds. The number of amides is 1. The van der Waals surface area contributed by atoms with Crippen molar-refractivity contribution in [2.45, 2.75) is 33.1 Å². The zero-order chi connectivity index (χ0) is 17.1. The predicted octanol–water partition coefficient (Wildman–Crippen LogP) is 4.40. The van der Waals surface area contributed by atoms with Crippen LogP contribution in [-0.2, 0) is 12.8 Å². The molecule has 0 fully saturated rings. The van der Waals surface area contributed by atoms with Crippen molar-refractivity contribution < 1.29 is 9.53 Å². The van der Waals surface area contributed by atoms with Gasteiger partial charge in [0.25, 0.3) is 5.91 Å². The average Bonchev–Trinajstić information content (AvgIpc) is 2.91. The van der Waals surface area contributed by atoms with E-state index in [2.05, 4.69) is 18.3 Å². The normalized spacial score (nSPS) is 16.1. The fraction of sp³-hybridized carbons (Fsp3) is 0.368. The molecule has 0 saturated heterocycles. The van der Waals surface area contributed by atoms with Gasteiger partial charge in [0.15, 0.2) is 0 Å². The zero-order valence-electron chi connectivity index (χ0n) is 13.9. The minimum absolute atomic E-state index is 0.209. The van der Waals surface area contributed by atoms with Crippen molar-refractivity contribution in [3.8, 4) is 11.8 Å². The first-order valence-electron chi connectivity index (χ1n) is 8.21. The van der Waals surface area contributed by atoms with Crippen LogP contribution in [0.4, 0.5) is 5.00 Å². The lowest BCUT2D eigenvalue weighted by Gasteiger charge is -2.17. The van der Waals surface area contributed by atoms with Gasteiger partial charge < -0.3 is 10.1 Å². The largest absolute Gasteiger partial charge is 0.494 e. The minimum Gasteiger partial charge on any atom is -0.494 e. The van der Waals surface area contributed by atoms with Crippen LogP contribution in [0.1, 0.15) is 46.6 Å². The van der Waals surface area contributed by atoms with Crippen LogP contribution in [0.5, 0.6) is 5.75 Å². The quantitative estimate of drug-likeness (QED) is 0.897. The summed E-state index contributed by atoms with van der Waals surface area (Å²) in [5, 5.41) is 13.1. The number of hydrogen-bond donors (Lipinski definition) is 1. The van der Waals surface area contributed by atoms with Crippen molar-refractivity contribution in [3.63, 3.8) is 0 Å². The number of rotatable bonds is 4. The van der Waals surface area contributed by atoms with Gasteiger partial charge in [-0.2, -0.15) is 5.26 Å². The van der Waals surface area contributed by atoms with E-state index in [0.717, 1.165) is 24.8 Å². The SMILES string of the molecule is CCOc1cccc(C(=O)Nc2sc3c(c2C#N)CC[C@@H](C)C3)c1. The Morgan fingerprint density at radius 3 is 3.08 bits per heavy atom. The van der Waals surface area contributed by atoms with E-state index in [1.165, 1.54) is 4.88 Å². The number of nitrogens with one attached hydrogen (secondary N) is 1. The molecular formula is C19H20N2O2S. The van der Waals surface area contributed by atoms with Crippen molar-refractivity contribution in [3.05, 3.63) is 45.8 Å². The summed E-state index contributed by atoms with van der Waals surface area (Å²) in [6.07, 6.45) is 3.01. The Kier molecular flexibility index (Phi) is 4.86. The summed E-state index contributed by atoms with van der Waals surface area (Å²) in [6, 6.07) is 9.37. The second-order valence-corrected chi connectivity index (χ2v) is 7.19. The van der Waals surface area contributed by atoms with Gasteiger partial charge in [0.1, 0.15) is 16.8 Å². The number of thiophene rings is 1. The van der Waals surface area contributed by atoms with Gasteiger partial charge in [-0.25, -0.2) is 0 Å². The van der Waals surface area contributed by atoms with E-state index in [-0.39, 0.29) is 5.91 Å². The number of nitriles is 1. The van der Waals surface area contributed by atoms with E-state index in [0.29, 0.717) is 34.4 Å². The van der Waals surface area contributed by atoms with E-state index >= 15 is 0 Å². The van der Waals surface area contributed by atoms with Gasteiger partial charge in [-0.1, -0.05) is 13.0 Å². The van der Waals surface area contributed by atoms with E-state index in [4.69, 9.17) is 4.74 Å². The van der Waals surface area contributed by atoms with Gasteiger partial charge in [0.2, 0.25) is 0 Å². The summed E-state index contributed by atoms with van der Waals surface area (Å²) in [5.74, 6) is 1.10. The van der Waals surface area contributed by atoms with Crippen LogP contribution < -0.4 is 10.1 Å². The molecule has 2 aromatic rings. The zero-order valence-corrected chi connectivity index (χ0v) is 14.7. The molecule has 0 radical (unpaired) electrons. The third-order valence-electron chi connectivity index (χ3n) is 4.26. The molecule has 1 aromatic carbocycles. The smallest absolute Gasteiger partial charge is 0.256 e. The molecular weight excluding hydrogens is 320 g/mol. The molecule has 1 aliphatic carbocycles. The van der Waals surface area contributed by atoms with Crippen LogP contribution in [0.25, 0.3) is 0 Å². The molecule has 5 heteroatoms. The van der Waals surface area contributed by atoms with Crippen LogP contribution in [-0.4, -0.2) is 12.5 Å². The second kappa shape index (κ2) is 7.06. The monoisotopic (exact) mass is 340 g/mol. The van der Waals surface area contributed by atoms with E-state index in [1.807, 2.05) is 13.0 Å². The molecule has 1 N–H and O–H groups in total. The molecule has 0 spiro atoms. The molecule has 0 aliphatic heterocycles. The number of anilines is 1. The molecule has 1 heterocycles. The lowest BCUT2D eigenvalue weighted by molar-refractivity contribution is 0.102. The highest BCUT2D eigenvalue weighted by Crippen LogP contribution is 2.39. The summed E-state index contributed by atoms with van der Waals surface area (Å²) in [7, 11) is 0. The number of fused-ring (bicyclic) bond motifs is 1. The third kappa shape index (κ3) is 3.29. The van der Waals surface area contributed by atoms with Crippen LogP contribution in [0.3, 0.4) is 0 Å². The molecule has 4 nitrogen and oxygen atoms in total. The Hall–Kier alpha value is -2.32. The number of carbonyl (C=O) groups is 1. The Labute approximate surface area is 146 Å². The first-order valence-corrected chi connectivity index (χ1v) is 9.02. The van der Waals surface area contributed by atoms with E-state index in [9.17, 15) is 10.1 Å². The van der Waals surface area contributed by atoms with Crippen molar-refractivity contribution in [2.24, 2.45) is 5.92 Å². The van der Waals surface area contributed by atoms with Gasteiger partial charge in [0.05, 0.1) is 12.2 Å². The standard InChI is InChI=1S/C19H20N2O2S/c1-3-23-14-6-4-5-13(10-14)18(22)21-19-16(11-20)15-8-7-12(2)9-17(15)24-19/h4-6,10,12H,3,7-9H2,1-2H3,(H,21,22)/t12-/m1/s1. The molecule has 0 bridgehead atoms. The topological polar surface area (TPSA) is 62.1 Å². The van der Waals surface area contributed by atoms with Gasteiger partial charge in [-0.15, -0.1) is 11.3 Å². The van der Waals surface area contributed by atoms with Crippen LogP contribution >= 0.6 is 11.3 Å². The van der Waals surface area contributed by atoms with Crippen LogP contribution in [0.15, 0.2) is 24.3 Å². The molecule has 3 rings (SSSR count). The first kappa shape index (κ1) is 16.5. The van der Waals surface area contributed by atoms with Crippen molar-refractivity contribution in [1.29, 1.82) is 5.26 Å². The molecule has 0 saturated carbocycles. The van der Waals surface area contributed by atoms with Crippen molar-refractivity contribution in [2.75, 3.05) is 11.9 Å². The van der Waals surface area contributed by atoms with Gasteiger partial charge >= 0.3 is 0 Å². The highest BCUT2D eigenvalue weighted by Gasteiger charge is 2.24. The Morgan fingerprint density at radius 1 is 1.50 bits per heavy atom. The maximum absolute atomic E-state index is 12.5. The number of carbonyl (C=O) groups excluding carboxylic acids is 1. The molecule has 1 aliphatic rings. The second-order valence-electron chi connectivity index (χ2n) is 6.08. The molecule has 124 valence electrons. The summed E-state index contributed by atoms with van der Waals surface area (Å²) in [4.78, 5) is 13.8. The molecule has 1 atom stereocenters. The molecule has 1 aromatic heterocycles. The molecule has 0 unspecified atom stereocenters. The van der Waals surface area contributed by atoms with Gasteiger partial charge in [-0.05, 0) is 55.9 Å². The number of hydrogen-bond acceptors (Lipinski definition) is 4. The fourth-order valence-corrected chi connectivity index (χ4v) is 4.38. The first-order chi connectivity index (χ1) is 11.6. The predicted molar refractivity (Wildman–Crippen MR) is 95.8 cm³/mol. The van der Waals surface area contributed by atoms with E-state index < -0.39 is 0 Å². The number of benzene rings is 1. The third-order valence-corrected chi connectivity index (χ3v) is 5.43. The van der Waals surface area contributed by atoms with Crippen LogP contribution in [0.2, 0.25) is 0 Å². The lowest BCUT2D eigenvalue weighted by atomic mass is 9.88. The van der Waals surface area contributed by atoms with Gasteiger partial charge in [0, 0.05) is 10.4 Å². The maximum Gasteiger partial charge on any atom is 0.256 e. The Morgan fingerprint density at radius 2 is 2.33 bits per heavy atom. The Balaban J connectivity index is 1.85. The van der Waals surface area contributed by atoms with Crippen molar-refractivity contribution >= 4 is 22.2 Å². The minimum atomic E-state index is -0.209. The van der Waals surface area contributed by atoms with Crippen molar-refractivity contribution in [1.82, 2.24) is 0 Å².